The fourth-order valence-corrected chi connectivity index (χ4v) is 1.67. The lowest BCUT2D eigenvalue weighted by atomic mass is 10.1. The molecule has 0 amide bonds. The number of hydrogen-bond acceptors (Lipinski definition) is 4. The molecule has 0 rings (SSSR count). The molecule has 0 aromatic carbocycles. The van der Waals surface area contributed by atoms with Gasteiger partial charge in [0.05, 0.1) is 11.8 Å². The molecule has 0 heterocycles. The van der Waals surface area contributed by atoms with Crippen LogP contribution in [0.1, 0.15) is 44.9 Å². The number of carbonyl (C=O) groups excluding carboxylic acids is 2. The van der Waals surface area contributed by atoms with E-state index in [9.17, 15) is 9.59 Å². The normalized spacial score (nSPS) is 10.2. The Morgan fingerprint density at radius 2 is 1.05 bits per heavy atom. The van der Waals surface area contributed by atoms with Crippen molar-refractivity contribution in [2.45, 2.75) is 44.9 Å². The van der Waals surface area contributed by atoms with Crippen molar-refractivity contribution in [1.82, 2.24) is 0 Å². The lowest BCUT2D eigenvalue weighted by molar-refractivity contribution is -0.143. The van der Waals surface area contributed by atoms with E-state index in [1.165, 1.54) is 0 Å². The van der Waals surface area contributed by atoms with Crippen molar-refractivity contribution in [3.05, 3.63) is 0 Å². The van der Waals surface area contributed by atoms with Crippen LogP contribution in [-0.2, 0) is 19.1 Å². The number of ether oxygens (including phenoxy) is 2. The van der Waals surface area contributed by atoms with E-state index in [1.807, 2.05) is 0 Å². The third-order valence-corrected chi connectivity index (χ3v) is 2.75. The van der Waals surface area contributed by atoms with Crippen LogP contribution in [-0.4, -0.2) is 36.9 Å². The minimum Gasteiger partial charge on any atom is -0.464 e. The van der Waals surface area contributed by atoms with Gasteiger partial charge in [-0.05, 0) is 12.8 Å². The summed E-state index contributed by atoms with van der Waals surface area (Å²) in [4.78, 5) is 22.3. The van der Waals surface area contributed by atoms with Gasteiger partial charge in [0.2, 0.25) is 0 Å². The minimum absolute atomic E-state index is 0.190. The molecule has 0 atom stereocenters. The first-order valence-electron chi connectivity index (χ1n) is 6.64. The van der Waals surface area contributed by atoms with Gasteiger partial charge in [-0.3, -0.25) is 9.59 Å². The predicted octanol–water partition coefficient (Wildman–Crippen LogP) is 3.28. The predicted molar refractivity (Wildman–Crippen MR) is 75.7 cm³/mol. The van der Waals surface area contributed by atoms with Crippen LogP contribution in [0.5, 0.6) is 0 Å². The molecule has 0 saturated carbocycles. The molecule has 19 heavy (non-hydrogen) atoms. The van der Waals surface area contributed by atoms with Gasteiger partial charge in [-0.25, -0.2) is 0 Å². The lowest BCUT2D eigenvalue weighted by Crippen LogP contribution is -2.06. The molecular weight excluding hydrogens is 291 g/mol. The zero-order chi connectivity index (χ0) is 14.3. The summed E-state index contributed by atoms with van der Waals surface area (Å²) < 4.78 is 9.69. The molecular formula is C13H22Cl2O4. The number of esters is 2. The van der Waals surface area contributed by atoms with E-state index >= 15 is 0 Å². The van der Waals surface area contributed by atoms with Crippen molar-refractivity contribution < 1.29 is 19.1 Å². The van der Waals surface area contributed by atoms with E-state index < -0.39 is 0 Å². The van der Waals surface area contributed by atoms with E-state index in [-0.39, 0.29) is 25.2 Å². The number of rotatable bonds is 12. The van der Waals surface area contributed by atoms with Crippen LogP contribution in [0, 0.1) is 0 Å². The summed E-state index contributed by atoms with van der Waals surface area (Å²) in [6, 6.07) is 0. The molecule has 4 nitrogen and oxygen atoms in total. The number of unbranched alkanes of at least 4 members (excludes halogenated alkanes) is 4. The Labute approximate surface area is 124 Å². The molecule has 0 spiro atoms. The van der Waals surface area contributed by atoms with Gasteiger partial charge in [-0.15, -0.1) is 23.2 Å². The van der Waals surface area contributed by atoms with Crippen LogP contribution >= 0.6 is 23.2 Å². The van der Waals surface area contributed by atoms with Crippen LogP contribution in [0.4, 0.5) is 0 Å². The third-order valence-electron chi connectivity index (χ3n) is 2.44. The van der Waals surface area contributed by atoms with Crippen molar-refractivity contribution in [3.63, 3.8) is 0 Å². The molecule has 0 saturated heterocycles. The molecule has 112 valence electrons. The van der Waals surface area contributed by atoms with E-state index in [4.69, 9.17) is 32.7 Å². The quantitative estimate of drug-likeness (QED) is 0.315. The standard InChI is InChI=1S/C13H22Cl2O4/c14-8-10-18-12(16)6-4-2-1-3-5-7-13(17)19-11-9-15/h1-11H2. The fourth-order valence-electron chi connectivity index (χ4n) is 1.52. The number of hydrogen-bond donors (Lipinski definition) is 0. The van der Waals surface area contributed by atoms with Crippen molar-refractivity contribution in [3.8, 4) is 0 Å². The summed E-state index contributed by atoms with van der Waals surface area (Å²) in [6.45, 7) is 0.565. The average molecular weight is 313 g/mol. The zero-order valence-electron chi connectivity index (χ0n) is 11.2. The molecule has 6 heteroatoms. The zero-order valence-corrected chi connectivity index (χ0v) is 12.7. The minimum atomic E-state index is -0.190. The molecule has 0 aliphatic carbocycles. The van der Waals surface area contributed by atoms with Crippen molar-refractivity contribution in [2.24, 2.45) is 0 Å². The molecule has 0 aromatic rings. The highest BCUT2D eigenvalue weighted by atomic mass is 35.5. The van der Waals surface area contributed by atoms with Crippen LogP contribution in [0.3, 0.4) is 0 Å². The Hall–Kier alpha value is -0.480. The molecule has 0 unspecified atom stereocenters. The molecule has 0 aliphatic rings. The SMILES string of the molecule is O=C(CCCCCCCC(=O)OCCCl)OCCCl. The summed E-state index contributed by atoms with van der Waals surface area (Å²) in [7, 11) is 0. The molecule has 0 radical (unpaired) electrons. The van der Waals surface area contributed by atoms with E-state index in [0.717, 1.165) is 32.1 Å². The highest BCUT2D eigenvalue weighted by Gasteiger charge is 2.03. The van der Waals surface area contributed by atoms with Crippen LogP contribution < -0.4 is 0 Å². The molecule has 0 fully saturated rings. The monoisotopic (exact) mass is 312 g/mol. The summed E-state index contributed by atoms with van der Waals surface area (Å²) in [5.41, 5.74) is 0. The Kier molecular flexibility index (Phi) is 13.6. The summed E-state index contributed by atoms with van der Waals surface area (Å²) in [6.07, 6.45) is 5.45. The largest absolute Gasteiger partial charge is 0.464 e. The maximum atomic E-state index is 11.1. The Morgan fingerprint density at radius 1 is 0.684 bits per heavy atom. The van der Waals surface area contributed by atoms with Gasteiger partial charge < -0.3 is 9.47 Å². The summed E-state index contributed by atoms with van der Waals surface area (Å²) >= 11 is 10.8. The van der Waals surface area contributed by atoms with Gasteiger partial charge in [-0.2, -0.15) is 0 Å². The van der Waals surface area contributed by atoms with E-state index in [0.29, 0.717) is 24.6 Å². The van der Waals surface area contributed by atoms with Gasteiger partial charge in [0.25, 0.3) is 0 Å². The van der Waals surface area contributed by atoms with Gasteiger partial charge in [0.15, 0.2) is 0 Å². The Balaban J connectivity index is 3.22. The first kappa shape index (κ1) is 18.5. The first-order valence-corrected chi connectivity index (χ1v) is 7.70. The Morgan fingerprint density at radius 3 is 1.42 bits per heavy atom. The molecule has 0 aliphatic heterocycles. The third kappa shape index (κ3) is 13.7. The maximum Gasteiger partial charge on any atom is 0.305 e. The van der Waals surface area contributed by atoms with Crippen LogP contribution in [0.2, 0.25) is 0 Å². The number of carbonyl (C=O) groups is 2. The van der Waals surface area contributed by atoms with Crippen molar-refractivity contribution in [1.29, 1.82) is 0 Å². The summed E-state index contributed by atoms with van der Waals surface area (Å²) in [5.74, 6) is 0.299. The van der Waals surface area contributed by atoms with Crippen molar-refractivity contribution >= 4 is 35.1 Å². The summed E-state index contributed by atoms with van der Waals surface area (Å²) in [5, 5.41) is 0. The average Bonchev–Trinajstić information content (AvgIpc) is 2.41. The number of halogens is 2. The second kappa shape index (κ2) is 13.9. The smallest absolute Gasteiger partial charge is 0.305 e. The van der Waals surface area contributed by atoms with Gasteiger partial charge in [-0.1, -0.05) is 19.3 Å². The fraction of sp³-hybridized carbons (Fsp3) is 0.846. The Bertz CT molecular complexity index is 223. The van der Waals surface area contributed by atoms with Crippen LogP contribution in [0.25, 0.3) is 0 Å². The van der Waals surface area contributed by atoms with Gasteiger partial charge >= 0.3 is 11.9 Å². The lowest BCUT2D eigenvalue weighted by Gasteiger charge is -2.03. The topological polar surface area (TPSA) is 52.6 Å². The maximum absolute atomic E-state index is 11.1. The highest BCUT2D eigenvalue weighted by Crippen LogP contribution is 2.08. The van der Waals surface area contributed by atoms with E-state index in [2.05, 4.69) is 0 Å². The van der Waals surface area contributed by atoms with Gasteiger partial charge in [0, 0.05) is 12.8 Å². The van der Waals surface area contributed by atoms with Gasteiger partial charge in [0.1, 0.15) is 13.2 Å². The molecule has 0 N–H and O–H groups in total. The second-order valence-corrected chi connectivity index (χ2v) is 4.84. The number of alkyl halides is 2. The highest BCUT2D eigenvalue weighted by molar-refractivity contribution is 6.18. The molecule has 0 bridgehead atoms. The first-order chi connectivity index (χ1) is 9.20. The second-order valence-electron chi connectivity index (χ2n) is 4.09. The molecule has 0 aromatic heterocycles. The van der Waals surface area contributed by atoms with E-state index in [1.54, 1.807) is 0 Å². The van der Waals surface area contributed by atoms with Crippen LogP contribution in [0.15, 0.2) is 0 Å². The van der Waals surface area contributed by atoms with Crippen molar-refractivity contribution in [2.75, 3.05) is 25.0 Å².